The van der Waals surface area contributed by atoms with E-state index in [2.05, 4.69) is 10.4 Å². The number of hydrogen-bond acceptors (Lipinski definition) is 4. The van der Waals surface area contributed by atoms with Crippen LogP contribution in [0.5, 0.6) is 0 Å². The molecule has 2 aromatic carbocycles. The summed E-state index contributed by atoms with van der Waals surface area (Å²) < 4.78 is 21.0. The highest BCUT2D eigenvalue weighted by Gasteiger charge is 2.15. The second-order valence-electron chi connectivity index (χ2n) is 6.46. The summed E-state index contributed by atoms with van der Waals surface area (Å²) in [4.78, 5) is 23.3. The van der Waals surface area contributed by atoms with Crippen LogP contribution in [0.4, 0.5) is 10.1 Å². The monoisotopic (exact) mass is 381 g/mol. The maximum atomic E-state index is 13.9. The molecule has 1 amide bonds. The van der Waals surface area contributed by atoms with Gasteiger partial charge in [0.05, 0.1) is 16.9 Å². The quantitative estimate of drug-likeness (QED) is 0.680. The first kappa shape index (κ1) is 19.3. The first-order valence-corrected chi connectivity index (χ1v) is 8.70. The highest BCUT2D eigenvalue weighted by atomic mass is 19.1. The van der Waals surface area contributed by atoms with Gasteiger partial charge in [0.2, 0.25) is 5.91 Å². The minimum absolute atomic E-state index is 0.0000346. The lowest BCUT2D eigenvalue weighted by Gasteiger charge is -2.09. The summed E-state index contributed by atoms with van der Waals surface area (Å²) in [7, 11) is 0. The highest BCUT2D eigenvalue weighted by Crippen LogP contribution is 2.18. The van der Waals surface area contributed by atoms with Crippen LogP contribution >= 0.6 is 0 Å². The minimum Gasteiger partial charge on any atom is -0.457 e. The molecule has 7 heteroatoms. The molecule has 0 fully saturated rings. The Morgan fingerprint density at radius 3 is 2.43 bits per heavy atom. The van der Waals surface area contributed by atoms with Crippen LogP contribution in [0.3, 0.4) is 0 Å². The van der Waals surface area contributed by atoms with Crippen molar-refractivity contribution in [3.05, 3.63) is 76.9 Å². The van der Waals surface area contributed by atoms with E-state index in [0.29, 0.717) is 5.69 Å². The van der Waals surface area contributed by atoms with E-state index >= 15 is 0 Å². The number of aryl methyl sites for hydroxylation is 2. The van der Waals surface area contributed by atoms with Crippen LogP contribution in [0, 0.1) is 19.7 Å². The van der Waals surface area contributed by atoms with Crippen LogP contribution in [0.15, 0.2) is 48.5 Å². The van der Waals surface area contributed by atoms with Gasteiger partial charge in [0.15, 0.2) is 0 Å². The molecule has 0 atom stereocenters. The summed E-state index contributed by atoms with van der Waals surface area (Å²) in [5.74, 6) is -1.82. The molecule has 0 bridgehead atoms. The molecule has 0 aliphatic rings. The number of nitrogens with one attached hydrogen (secondary N) is 1. The average molecular weight is 381 g/mol. The molecule has 0 aliphatic heterocycles. The van der Waals surface area contributed by atoms with Crippen LogP contribution in [-0.2, 0) is 16.1 Å². The third-order valence-corrected chi connectivity index (χ3v) is 4.07. The topological polar surface area (TPSA) is 73.2 Å². The molecule has 6 nitrogen and oxygen atoms in total. The minimum atomic E-state index is -0.799. The molecule has 3 aromatic rings. The number of rotatable bonds is 5. The van der Waals surface area contributed by atoms with Crippen molar-refractivity contribution in [2.45, 2.75) is 27.4 Å². The number of hydrogen-bond donors (Lipinski definition) is 1. The zero-order chi connectivity index (χ0) is 20.3. The molecule has 0 spiro atoms. The van der Waals surface area contributed by atoms with Crippen molar-refractivity contribution in [1.82, 2.24) is 9.78 Å². The first-order chi connectivity index (χ1) is 13.3. The number of aromatic nitrogens is 2. The smallest absolute Gasteiger partial charge is 0.341 e. The molecule has 28 heavy (non-hydrogen) atoms. The van der Waals surface area contributed by atoms with E-state index in [1.54, 1.807) is 0 Å². The maximum absolute atomic E-state index is 13.9. The van der Waals surface area contributed by atoms with Gasteiger partial charge in [-0.15, -0.1) is 0 Å². The average Bonchev–Trinajstić information content (AvgIpc) is 2.99. The molecule has 0 saturated carbocycles. The zero-order valence-corrected chi connectivity index (χ0v) is 15.8. The molecular formula is C21H20FN3O3. The van der Waals surface area contributed by atoms with Gasteiger partial charge in [-0.3, -0.25) is 4.79 Å². The van der Waals surface area contributed by atoms with Crippen molar-refractivity contribution in [2.24, 2.45) is 0 Å². The second-order valence-corrected chi connectivity index (χ2v) is 6.46. The molecule has 1 N–H and O–H groups in total. The van der Waals surface area contributed by atoms with E-state index in [1.807, 2.05) is 48.9 Å². The molecule has 0 saturated heterocycles. The molecule has 1 aromatic heterocycles. The van der Waals surface area contributed by atoms with Crippen molar-refractivity contribution in [3.8, 4) is 5.69 Å². The predicted molar refractivity (Wildman–Crippen MR) is 103 cm³/mol. The van der Waals surface area contributed by atoms with E-state index in [4.69, 9.17) is 4.74 Å². The van der Waals surface area contributed by atoms with Crippen LogP contribution in [0.25, 0.3) is 5.69 Å². The van der Waals surface area contributed by atoms with E-state index in [-0.39, 0.29) is 18.1 Å². The van der Waals surface area contributed by atoms with Crippen LogP contribution < -0.4 is 5.32 Å². The number of benzene rings is 2. The Balaban J connectivity index is 1.68. The number of anilines is 1. The Morgan fingerprint density at radius 1 is 1.11 bits per heavy atom. The summed E-state index contributed by atoms with van der Waals surface area (Å²) in [6.07, 6.45) is 0. The van der Waals surface area contributed by atoms with E-state index in [0.717, 1.165) is 28.7 Å². The fraction of sp³-hybridized carbons (Fsp3) is 0.190. The van der Waals surface area contributed by atoms with Gasteiger partial charge in [-0.05, 0) is 55.8 Å². The van der Waals surface area contributed by atoms with E-state index in [1.165, 1.54) is 19.1 Å². The summed E-state index contributed by atoms with van der Waals surface area (Å²) in [5.41, 5.74) is 3.71. The number of amides is 1. The standard InChI is InChI=1S/C21H20FN3O3/c1-13-10-14(2)25(24-13)18-7-4-16(5-8-18)12-28-21(27)19-11-17(23-15(3)26)6-9-20(19)22/h4-11H,12H2,1-3H3,(H,23,26). The van der Waals surface area contributed by atoms with Gasteiger partial charge in [-0.2, -0.15) is 5.10 Å². The van der Waals surface area contributed by atoms with Gasteiger partial charge in [0, 0.05) is 18.3 Å². The molecule has 3 rings (SSSR count). The van der Waals surface area contributed by atoms with Crippen molar-refractivity contribution in [1.29, 1.82) is 0 Å². The van der Waals surface area contributed by atoms with Gasteiger partial charge >= 0.3 is 5.97 Å². The number of esters is 1. The maximum Gasteiger partial charge on any atom is 0.341 e. The summed E-state index contributed by atoms with van der Waals surface area (Å²) >= 11 is 0. The zero-order valence-electron chi connectivity index (χ0n) is 15.8. The predicted octanol–water partition coefficient (Wildman–Crippen LogP) is 3.94. The third kappa shape index (κ3) is 4.43. The SMILES string of the molecule is CC(=O)Nc1ccc(F)c(C(=O)OCc2ccc(-n3nc(C)cc3C)cc2)c1. The van der Waals surface area contributed by atoms with E-state index in [9.17, 15) is 14.0 Å². The fourth-order valence-corrected chi connectivity index (χ4v) is 2.81. The normalized spacial score (nSPS) is 10.6. The Morgan fingerprint density at radius 2 is 1.82 bits per heavy atom. The lowest BCUT2D eigenvalue weighted by atomic mass is 10.2. The molecule has 144 valence electrons. The summed E-state index contributed by atoms with van der Waals surface area (Å²) in [5, 5.41) is 6.93. The molecule has 0 radical (unpaired) electrons. The Hall–Kier alpha value is -3.48. The van der Waals surface area contributed by atoms with Gasteiger partial charge in [0.1, 0.15) is 12.4 Å². The molecule has 0 aliphatic carbocycles. The summed E-state index contributed by atoms with van der Waals surface area (Å²) in [6, 6.07) is 13.1. The number of carbonyl (C=O) groups excluding carboxylic acids is 2. The molecule has 0 unspecified atom stereocenters. The van der Waals surface area contributed by atoms with Gasteiger partial charge < -0.3 is 10.1 Å². The molecule has 1 heterocycles. The Kier molecular flexibility index (Phi) is 5.54. The van der Waals surface area contributed by atoms with Gasteiger partial charge in [-0.1, -0.05) is 12.1 Å². The van der Waals surface area contributed by atoms with Crippen molar-refractivity contribution in [3.63, 3.8) is 0 Å². The van der Waals surface area contributed by atoms with Crippen molar-refractivity contribution in [2.75, 3.05) is 5.32 Å². The van der Waals surface area contributed by atoms with Crippen LogP contribution in [-0.4, -0.2) is 21.7 Å². The largest absolute Gasteiger partial charge is 0.457 e. The number of ether oxygens (including phenoxy) is 1. The van der Waals surface area contributed by atoms with Gasteiger partial charge in [-0.25, -0.2) is 13.9 Å². The second kappa shape index (κ2) is 8.04. The Labute approximate surface area is 161 Å². The number of carbonyl (C=O) groups is 2. The highest BCUT2D eigenvalue weighted by molar-refractivity contribution is 5.93. The van der Waals surface area contributed by atoms with Crippen molar-refractivity contribution >= 4 is 17.6 Å². The first-order valence-electron chi connectivity index (χ1n) is 8.70. The van der Waals surface area contributed by atoms with Crippen LogP contribution in [0.2, 0.25) is 0 Å². The van der Waals surface area contributed by atoms with Crippen LogP contribution in [0.1, 0.15) is 34.2 Å². The number of halogens is 1. The Bertz CT molecular complexity index is 1030. The summed E-state index contributed by atoms with van der Waals surface area (Å²) in [6.45, 7) is 5.23. The number of nitrogens with zero attached hydrogens (tertiary/aromatic N) is 2. The molecular weight excluding hydrogens is 361 g/mol. The van der Waals surface area contributed by atoms with Gasteiger partial charge in [0.25, 0.3) is 0 Å². The van der Waals surface area contributed by atoms with E-state index < -0.39 is 11.8 Å². The lowest BCUT2D eigenvalue weighted by molar-refractivity contribution is -0.114. The fourth-order valence-electron chi connectivity index (χ4n) is 2.81. The third-order valence-electron chi connectivity index (χ3n) is 4.07. The van der Waals surface area contributed by atoms with Crippen molar-refractivity contribution < 1.29 is 18.7 Å². The lowest BCUT2D eigenvalue weighted by Crippen LogP contribution is -2.11.